The van der Waals surface area contributed by atoms with Gasteiger partial charge in [-0.05, 0) is 47.5 Å². The maximum Gasteiger partial charge on any atom is 0.416 e. The van der Waals surface area contributed by atoms with Crippen molar-refractivity contribution in [1.29, 1.82) is 0 Å². The summed E-state index contributed by atoms with van der Waals surface area (Å²) in [5.74, 6) is -0.229. The van der Waals surface area contributed by atoms with Gasteiger partial charge in [-0.15, -0.1) is 5.10 Å². The van der Waals surface area contributed by atoms with Gasteiger partial charge in [-0.1, -0.05) is 35.9 Å². The van der Waals surface area contributed by atoms with Crippen molar-refractivity contribution in [3.63, 3.8) is 0 Å². The molecule has 6 nitrogen and oxygen atoms in total. The van der Waals surface area contributed by atoms with Crippen LogP contribution in [0.15, 0.2) is 77.7 Å². The molecule has 37 heavy (non-hydrogen) atoms. The number of nitrogens with zero attached hydrogens (tertiary/aromatic N) is 4. The Morgan fingerprint density at radius 3 is 2.30 bits per heavy atom. The molecular weight excluding hydrogens is 512 g/mol. The summed E-state index contributed by atoms with van der Waals surface area (Å²) in [7, 11) is 1.43. The van der Waals surface area contributed by atoms with E-state index < -0.39 is 23.2 Å². The molecule has 0 aliphatic carbocycles. The molecule has 0 saturated heterocycles. The lowest BCUT2D eigenvalue weighted by molar-refractivity contribution is -0.137. The van der Waals surface area contributed by atoms with Crippen LogP contribution in [-0.2, 0) is 12.7 Å². The second-order valence-corrected chi connectivity index (χ2v) is 8.59. The topological polar surface area (TPSA) is 61.4 Å². The van der Waals surface area contributed by atoms with Gasteiger partial charge in [0.2, 0.25) is 0 Å². The van der Waals surface area contributed by atoms with E-state index in [0.717, 1.165) is 21.3 Å². The van der Waals surface area contributed by atoms with Gasteiger partial charge in [0.1, 0.15) is 11.6 Å². The molecule has 0 bridgehead atoms. The van der Waals surface area contributed by atoms with Crippen molar-refractivity contribution in [2.75, 3.05) is 7.11 Å². The Balaban J connectivity index is 1.67. The van der Waals surface area contributed by atoms with E-state index in [9.17, 15) is 18.0 Å². The molecule has 0 atom stereocenters. The van der Waals surface area contributed by atoms with Crippen LogP contribution in [-0.4, -0.2) is 26.5 Å². The molecule has 5 aromatic rings. The molecule has 0 unspecified atom stereocenters. The highest BCUT2D eigenvalue weighted by Crippen LogP contribution is 2.36. The summed E-state index contributed by atoms with van der Waals surface area (Å²) in [6, 6.07) is 15.6. The summed E-state index contributed by atoms with van der Waals surface area (Å²) in [4.78, 5) is 13.1. The molecular formula is C26H17ClF4N4O2. The SMILES string of the molecule is COc1ccc(-c2cnn3c(=O)n(Cc4ccc(C(F)(F)F)cc4)nc3c2-c2ccc(Cl)cc2)c(F)c1. The third-order valence-electron chi connectivity index (χ3n) is 5.83. The number of methoxy groups -OCH3 is 1. The summed E-state index contributed by atoms with van der Waals surface area (Å²) in [5, 5.41) is 9.11. The Morgan fingerprint density at radius 1 is 0.973 bits per heavy atom. The van der Waals surface area contributed by atoms with Gasteiger partial charge in [0, 0.05) is 27.8 Å². The molecule has 3 aromatic carbocycles. The van der Waals surface area contributed by atoms with Gasteiger partial charge < -0.3 is 4.74 Å². The number of aromatic nitrogens is 4. The minimum absolute atomic E-state index is 0.0907. The number of alkyl halides is 3. The zero-order valence-electron chi connectivity index (χ0n) is 19.1. The molecule has 188 valence electrons. The van der Waals surface area contributed by atoms with E-state index in [2.05, 4.69) is 10.2 Å². The molecule has 0 spiro atoms. The normalized spacial score (nSPS) is 11.7. The van der Waals surface area contributed by atoms with E-state index in [1.165, 1.54) is 31.5 Å². The maximum atomic E-state index is 15.1. The van der Waals surface area contributed by atoms with Crippen molar-refractivity contribution in [3.8, 4) is 28.0 Å². The smallest absolute Gasteiger partial charge is 0.416 e. The lowest BCUT2D eigenvalue weighted by Gasteiger charge is -2.12. The molecule has 5 rings (SSSR count). The third-order valence-corrected chi connectivity index (χ3v) is 6.08. The Labute approximate surface area is 212 Å². The number of benzene rings is 3. The molecule has 0 radical (unpaired) electrons. The molecule has 2 aromatic heterocycles. The lowest BCUT2D eigenvalue weighted by Crippen LogP contribution is -2.23. The minimum atomic E-state index is -4.47. The molecule has 0 aliphatic rings. The van der Waals surface area contributed by atoms with Gasteiger partial charge in [-0.25, -0.2) is 13.9 Å². The Bertz CT molecular complexity index is 1660. The molecule has 0 N–H and O–H groups in total. The first kappa shape index (κ1) is 24.5. The average Bonchev–Trinajstić information content (AvgIpc) is 3.19. The summed E-state index contributed by atoms with van der Waals surface area (Å²) >= 11 is 6.06. The van der Waals surface area contributed by atoms with E-state index in [0.29, 0.717) is 33.0 Å². The van der Waals surface area contributed by atoms with Crippen molar-refractivity contribution in [2.45, 2.75) is 12.7 Å². The quantitative estimate of drug-likeness (QED) is 0.259. The van der Waals surface area contributed by atoms with Gasteiger partial charge in [0.25, 0.3) is 0 Å². The predicted octanol–water partition coefficient (Wildman–Crippen LogP) is 6.09. The first-order valence-corrected chi connectivity index (χ1v) is 11.3. The number of hydrogen-bond acceptors (Lipinski definition) is 4. The fourth-order valence-electron chi connectivity index (χ4n) is 3.98. The number of fused-ring (bicyclic) bond motifs is 1. The second kappa shape index (κ2) is 9.36. The van der Waals surface area contributed by atoms with Gasteiger partial charge in [0.15, 0.2) is 5.65 Å². The summed E-state index contributed by atoms with van der Waals surface area (Å²) in [5.41, 5.74) is 0.808. The van der Waals surface area contributed by atoms with Gasteiger partial charge in [-0.3, -0.25) is 0 Å². The highest BCUT2D eigenvalue weighted by atomic mass is 35.5. The Hall–Kier alpha value is -4.18. The average molecular weight is 529 g/mol. The molecule has 0 amide bonds. The van der Waals surface area contributed by atoms with Crippen LogP contribution in [0, 0.1) is 5.82 Å². The fraction of sp³-hybridized carbons (Fsp3) is 0.115. The first-order chi connectivity index (χ1) is 17.7. The zero-order valence-corrected chi connectivity index (χ0v) is 19.9. The van der Waals surface area contributed by atoms with E-state index in [1.54, 1.807) is 36.4 Å². The van der Waals surface area contributed by atoms with Crippen LogP contribution in [0.25, 0.3) is 27.9 Å². The van der Waals surface area contributed by atoms with Crippen molar-refractivity contribution >= 4 is 17.2 Å². The lowest BCUT2D eigenvalue weighted by atomic mass is 9.96. The van der Waals surface area contributed by atoms with Crippen molar-refractivity contribution < 1.29 is 22.3 Å². The van der Waals surface area contributed by atoms with Crippen LogP contribution < -0.4 is 10.4 Å². The van der Waals surface area contributed by atoms with Crippen LogP contribution in [0.1, 0.15) is 11.1 Å². The van der Waals surface area contributed by atoms with Crippen molar-refractivity contribution in [1.82, 2.24) is 19.4 Å². The predicted molar refractivity (Wildman–Crippen MR) is 130 cm³/mol. The highest BCUT2D eigenvalue weighted by molar-refractivity contribution is 6.30. The molecule has 0 aliphatic heterocycles. The largest absolute Gasteiger partial charge is 0.497 e. The number of hydrogen-bond donors (Lipinski definition) is 0. The molecule has 11 heteroatoms. The third kappa shape index (κ3) is 4.67. The van der Waals surface area contributed by atoms with Gasteiger partial charge in [0.05, 0.1) is 25.4 Å². The summed E-state index contributed by atoms with van der Waals surface area (Å²) in [6.07, 6.45) is -3.10. The standard InChI is InChI=1S/C26H17ClF4N4O2/c1-37-19-10-11-20(22(28)12-19)21-13-32-35-24(23(21)16-4-8-18(27)9-5-16)33-34(25(35)36)14-15-2-6-17(7-3-15)26(29,30)31/h2-13H,14H2,1H3. The summed E-state index contributed by atoms with van der Waals surface area (Å²) in [6.45, 7) is -0.0907. The molecule has 2 heterocycles. The zero-order chi connectivity index (χ0) is 26.3. The number of ether oxygens (including phenoxy) is 1. The van der Waals surface area contributed by atoms with Crippen molar-refractivity contribution in [2.24, 2.45) is 0 Å². The number of rotatable bonds is 5. The second-order valence-electron chi connectivity index (χ2n) is 8.16. The minimum Gasteiger partial charge on any atom is -0.497 e. The molecule has 0 fully saturated rings. The van der Waals surface area contributed by atoms with Crippen LogP contribution in [0.3, 0.4) is 0 Å². The summed E-state index contributed by atoms with van der Waals surface area (Å²) < 4.78 is 61.0. The van der Waals surface area contributed by atoms with E-state index >= 15 is 4.39 Å². The highest BCUT2D eigenvalue weighted by Gasteiger charge is 2.30. The van der Waals surface area contributed by atoms with Gasteiger partial charge >= 0.3 is 11.9 Å². The van der Waals surface area contributed by atoms with Crippen LogP contribution in [0.5, 0.6) is 5.75 Å². The van der Waals surface area contributed by atoms with Crippen molar-refractivity contribution in [3.05, 3.63) is 105 Å². The van der Waals surface area contributed by atoms with Crippen LogP contribution in [0.2, 0.25) is 5.02 Å². The van der Waals surface area contributed by atoms with E-state index in [1.807, 2.05) is 0 Å². The molecule has 0 saturated carbocycles. The van der Waals surface area contributed by atoms with Crippen LogP contribution in [0.4, 0.5) is 17.6 Å². The Kier molecular flexibility index (Phi) is 6.20. The van der Waals surface area contributed by atoms with Crippen LogP contribution >= 0.6 is 11.6 Å². The monoisotopic (exact) mass is 528 g/mol. The van der Waals surface area contributed by atoms with E-state index in [-0.39, 0.29) is 17.8 Å². The van der Waals surface area contributed by atoms with Gasteiger partial charge in [-0.2, -0.15) is 22.8 Å². The number of halogens is 5. The van der Waals surface area contributed by atoms with E-state index in [4.69, 9.17) is 16.3 Å². The maximum absolute atomic E-state index is 15.1. The fourth-order valence-corrected chi connectivity index (χ4v) is 4.11. The Morgan fingerprint density at radius 2 is 1.68 bits per heavy atom. The first-order valence-electron chi connectivity index (χ1n) is 10.9.